The predicted molar refractivity (Wildman–Crippen MR) is 238 cm³/mol. The molecule has 2 unspecified atom stereocenters. The molecule has 2 aromatic rings. The number of aryl methyl sites for hydroxylation is 2. The number of fused-ring (bicyclic) bond motifs is 1. The van der Waals surface area contributed by atoms with Gasteiger partial charge in [0.15, 0.2) is 0 Å². The second kappa shape index (κ2) is 27.9. The summed E-state index contributed by atoms with van der Waals surface area (Å²) in [6.45, 7) is 22.9. The van der Waals surface area contributed by atoms with Crippen LogP contribution in [0, 0.1) is 0 Å². The number of benzene rings is 2. The Morgan fingerprint density at radius 1 is 0.705 bits per heavy atom. The van der Waals surface area contributed by atoms with E-state index in [1.807, 2.05) is 117 Å². The number of hydrogen-bond donors (Lipinski definition) is 2. The molecule has 0 fully saturated rings. The highest BCUT2D eigenvalue weighted by atomic mass is 16.6. The summed E-state index contributed by atoms with van der Waals surface area (Å²) in [7, 11) is 3.35. The van der Waals surface area contributed by atoms with E-state index >= 15 is 0 Å². The van der Waals surface area contributed by atoms with Gasteiger partial charge in [-0.15, -0.1) is 0 Å². The predicted octanol–water partition coefficient (Wildman–Crippen LogP) is 7.07. The first-order chi connectivity index (χ1) is 28.3. The molecule has 61 heavy (non-hydrogen) atoms. The van der Waals surface area contributed by atoms with Crippen LogP contribution < -0.4 is 15.5 Å². The van der Waals surface area contributed by atoms with E-state index in [9.17, 15) is 28.8 Å². The van der Waals surface area contributed by atoms with Crippen molar-refractivity contribution in [2.75, 3.05) is 32.1 Å². The van der Waals surface area contributed by atoms with Crippen LogP contribution in [0.4, 0.5) is 5.69 Å². The molecule has 0 bridgehead atoms. The third kappa shape index (κ3) is 26.9. The number of anilines is 1. The van der Waals surface area contributed by atoms with Gasteiger partial charge in [-0.25, -0.2) is 0 Å². The number of amides is 1. The number of ether oxygens (including phenoxy) is 5. The lowest BCUT2D eigenvalue weighted by atomic mass is 10.0. The molecule has 344 valence electrons. The Bertz CT molecular complexity index is 1610. The summed E-state index contributed by atoms with van der Waals surface area (Å²) >= 11 is 0. The van der Waals surface area contributed by atoms with E-state index in [1.54, 1.807) is 39.8 Å². The summed E-state index contributed by atoms with van der Waals surface area (Å²) < 4.78 is 25.2. The van der Waals surface area contributed by atoms with Crippen molar-refractivity contribution in [2.45, 2.75) is 163 Å². The molecule has 14 heteroatoms. The highest BCUT2D eigenvalue weighted by molar-refractivity contribution is 5.98. The van der Waals surface area contributed by atoms with Gasteiger partial charge in [0.25, 0.3) is 12.9 Å². The second-order valence-electron chi connectivity index (χ2n) is 17.9. The van der Waals surface area contributed by atoms with Crippen molar-refractivity contribution in [1.82, 2.24) is 10.6 Å². The van der Waals surface area contributed by atoms with Gasteiger partial charge < -0.3 is 39.2 Å². The van der Waals surface area contributed by atoms with E-state index in [0.717, 1.165) is 48.9 Å². The fourth-order valence-corrected chi connectivity index (χ4v) is 5.12. The fourth-order valence-electron chi connectivity index (χ4n) is 5.12. The number of likely N-dealkylation sites (N-methyl/N-ethyl adjacent to an activating group) is 2. The van der Waals surface area contributed by atoms with Gasteiger partial charge >= 0.3 is 17.9 Å². The summed E-state index contributed by atoms with van der Waals surface area (Å²) in [6, 6.07) is 16.6. The molecule has 1 amide bonds. The van der Waals surface area contributed by atoms with Crippen molar-refractivity contribution in [3.63, 3.8) is 0 Å². The summed E-state index contributed by atoms with van der Waals surface area (Å²) in [5, 5.41) is 5.79. The summed E-state index contributed by atoms with van der Waals surface area (Å²) in [5.74, 6) is -1.19. The molecular formula is C47H75N3O11. The molecule has 1 aliphatic rings. The van der Waals surface area contributed by atoms with Crippen LogP contribution in [0.5, 0.6) is 0 Å². The maximum atomic E-state index is 12.3. The SMILES string of the molecule is CC(C)(C)OC(=O)CN1C(=O)CCCCc2ccccc21.CC(C)(C)OC=O.CCC(C)(C)OC=O.CNC(CCc1ccccc1)C(=O)OCC(NC)C(=O)OC(C)(C)C. The van der Waals surface area contributed by atoms with Crippen molar-refractivity contribution in [3.8, 4) is 0 Å². The van der Waals surface area contributed by atoms with Crippen LogP contribution in [-0.2, 0) is 65.3 Å². The zero-order valence-corrected chi connectivity index (χ0v) is 39.3. The Hall–Kier alpha value is -4.82. The number of hydrogen-bond acceptors (Lipinski definition) is 13. The Kier molecular flexibility index (Phi) is 25.7. The molecule has 1 heterocycles. The Balaban J connectivity index is 0.000000893. The van der Waals surface area contributed by atoms with Crippen LogP contribution >= 0.6 is 0 Å². The second-order valence-corrected chi connectivity index (χ2v) is 17.9. The number of esters is 3. The zero-order valence-electron chi connectivity index (χ0n) is 39.3. The largest absolute Gasteiger partial charge is 0.462 e. The topological polar surface area (TPSA) is 176 Å². The van der Waals surface area contributed by atoms with Gasteiger partial charge in [0.2, 0.25) is 5.91 Å². The lowest BCUT2D eigenvalue weighted by Crippen LogP contribution is -2.45. The average molecular weight is 858 g/mol. The molecule has 2 N–H and O–H groups in total. The van der Waals surface area contributed by atoms with E-state index in [-0.39, 0.29) is 42.2 Å². The quantitative estimate of drug-likeness (QED) is 0.106. The molecule has 3 rings (SSSR count). The standard InChI is InChI=1S/C19H30N2O4.C17H23NO3.C6H12O2.C5H10O2/c1-19(2,3)25-18(23)16(21-5)13-24-17(22)15(20-4)12-11-14-9-7-6-8-10-14;1-17(2,3)21-16(20)12-18-14-10-6-4-8-13(14)9-5-7-11-15(18)19;1-4-6(2,3)8-5-7;1-5(2,3)7-4-6/h6-10,15-16,20-21H,11-13H2,1-5H3;4,6,8,10H,5,7,9,11-12H2,1-3H3;5H,4H2,1-3H3;4H,1-3H3. The molecule has 0 spiro atoms. The van der Waals surface area contributed by atoms with Crippen molar-refractivity contribution in [3.05, 3.63) is 65.7 Å². The van der Waals surface area contributed by atoms with Gasteiger partial charge in [0.1, 0.15) is 47.6 Å². The zero-order chi connectivity index (χ0) is 46.9. The molecule has 2 atom stereocenters. The third-order valence-electron chi connectivity index (χ3n) is 8.63. The smallest absolute Gasteiger partial charge is 0.327 e. The minimum Gasteiger partial charge on any atom is -0.462 e. The monoisotopic (exact) mass is 858 g/mol. The number of rotatable bonds is 15. The number of nitrogens with zero attached hydrogens (tertiary/aromatic N) is 1. The first-order valence-corrected chi connectivity index (χ1v) is 20.9. The van der Waals surface area contributed by atoms with E-state index in [0.29, 0.717) is 25.8 Å². The fraction of sp³-hybridized carbons (Fsp3) is 0.617. The van der Waals surface area contributed by atoms with Crippen LogP contribution in [0.2, 0.25) is 0 Å². The average Bonchev–Trinajstić information content (AvgIpc) is 3.15. The summed E-state index contributed by atoms with van der Waals surface area (Å²) in [5.41, 5.74) is 1.41. The molecule has 0 saturated carbocycles. The van der Waals surface area contributed by atoms with Crippen LogP contribution in [0.3, 0.4) is 0 Å². The maximum absolute atomic E-state index is 12.3. The number of carbonyl (C=O) groups is 6. The van der Waals surface area contributed by atoms with Gasteiger partial charge in [-0.2, -0.15) is 0 Å². The molecular weight excluding hydrogens is 783 g/mol. The van der Waals surface area contributed by atoms with Crippen LogP contribution in [0.25, 0.3) is 0 Å². The Labute approximate surface area is 365 Å². The third-order valence-corrected chi connectivity index (χ3v) is 8.63. The van der Waals surface area contributed by atoms with Crippen molar-refractivity contribution in [2.24, 2.45) is 0 Å². The number of nitrogens with one attached hydrogen (secondary N) is 2. The van der Waals surface area contributed by atoms with Gasteiger partial charge in [0, 0.05) is 12.1 Å². The minimum atomic E-state index is -0.685. The van der Waals surface area contributed by atoms with E-state index in [1.165, 1.54) is 0 Å². The minimum absolute atomic E-state index is 0.00647. The van der Waals surface area contributed by atoms with E-state index < -0.39 is 29.3 Å². The number of para-hydroxylation sites is 1. The van der Waals surface area contributed by atoms with Crippen LogP contribution in [-0.4, -0.2) is 98.5 Å². The first-order valence-electron chi connectivity index (χ1n) is 20.9. The van der Waals surface area contributed by atoms with Crippen molar-refractivity contribution in [1.29, 1.82) is 0 Å². The maximum Gasteiger partial charge on any atom is 0.327 e. The Morgan fingerprint density at radius 3 is 1.72 bits per heavy atom. The highest BCUT2D eigenvalue weighted by Crippen LogP contribution is 2.26. The molecule has 0 aromatic heterocycles. The molecule has 0 saturated heterocycles. The summed E-state index contributed by atoms with van der Waals surface area (Å²) in [6.07, 6.45) is 5.52. The van der Waals surface area contributed by atoms with Crippen molar-refractivity contribution < 1.29 is 52.5 Å². The van der Waals surface area contributed by atoms with E-state index in [4.69, 9.17) is 18.9 Å². The Morgan fingerprint density at radius 2 is 1.25 bits per heavy atom. The van der Waals surface area contributed by atoms with Crippen molar-refractivity contribution >= 4 is 42.4 Å². The molecule has 0 aliphatic carbocycles. The van der Waals surface area contributed by atoms with Gasteiger partial charge in [0.05, 0.1) is 0 Å². The molecule has 2 aromatic carbocycles. The first kappa shape index (κ1) is 56.2. The van der Waals surface area contributed by atoms with E-state index in [2.05, 4.69) is 15.4 Å². The molecule has 14 nitrogen and oxygen atoms in total. The summed E-state index contributed by atoms with van der Waals surface area (Å²) in [4.78, 5) is 69.7. The lowest BCUT2D eigenvalue weighted by molar-refractivity contribution is -0.161. The van der Waals surface area contributed by atoms with Crippen LogP contribution in [0.15, 0.2) is 54.6 Å². The van der Waals surface area contributed by atoms with Crippen LogP contribution in [0.1, 0.15) is 126 Å². The molecule has 0 radical (unpaired) electrons. The molecule has 1 aliphatic heterocycles. The van der Waals surface area contributed by atoms with Gasteiger partial charge in [-0.05, 0) is 146 Å². The normalized spacial score (nSPS) is 13.8. The van der Waals surface area contributed by atoms with Gasteiger partial charge in [-0.1, -0.05) is 55.5 Å². The highest BCUT2D eigenvalue weighted by Gasteiger charge is 2.28. The van der Waals surface area contributed by atoms with Gasteiger partial charge in [-0.3, -0.25) is 28.8 Å². The number of carbonyl (C=O) groups excluding carboxylic acids is 6. The lowest BCUT2D eigenvalue weighted by Gasteiger charge is -2.28.